The number of aromatic nitrogens is 3. The molecule has 2 N–H and O–H groups in total. The molecular formula is C23H36ClN7. The number of aliphatic imine (C=N–C) groups is 1. The zero-order valence-corrected chi connectivity index (χ0v) is 20.0. The van der Waals surface area contributed by atoms with Gasteiger partial charge in [0, 0.05) is 24.7 Å². The number of halogens is 1. The van der Waals surface area contributed by atoms with Crippen molar-refractivity contribution < 1.29 is 0 Å². The summed E-state index contributed by atoms with van der Waals surface area (Å²) in [5.41, 5.74) is 1.14. The Kier molecular flexibility index (Phi) is 8.72. The number of hydrogen-bond acceptors (Lipinski definition) is 4. The van der Waals surface area contributed by atoms with Gasteiger partial charge in [0.05, 0.1) is 6.04 Å². The monoisotopic (exact) mass is 445 g/mol. The van der Waals surface area contributed by atoms with Gasteiger partial charge in [0.15, 0.2) is 11.8 Å². The fraction of sp³-hybridized carbons (Fsp3) is 0.609. The van der Waals surface area contributed by atoms with E-state index in [1.165, 1.54) is 25.7 Å². The molecule has 7 nitrogen and oxygen atoms in total. The first-order chi connectivity index (χ1) is 15.0. The molecule has 3 rings (SSSR count). The Morgan fingerprint density at radius 3 is 2.55 bits per heavy atom. The van der Waals surface area contributed by atoms with Crippen molar-refractivity contribution in [3.05, 3.63) is 46.5 Å². The highest BCUT2D eigenvalue weighted by Gasteiger charge is 2.22. The summed E-state index contributed by atoms with van der Waals surface area (Å²) in [5, 5.41) is 16.4. The van der Waals surface area contributed by atoms with Crippen molar-refractivity contribution >= 4 is 17.6 Å². The molecule has 0 radical (unpaired) electrons. The van der Waals surface area contributed by atoms with Gasteiger partial charge >= 0.3 is 0 Å². The molecule has 0 amide bonds. The number of benzene rings is 1. The number of rotatable bonds is 9. The molecule has 1 aliphatic carbocycles. The molecule has 31 heavy (non-hydrogen) atoms. The zero-order valence-electron chi connectivity index (χ0n) is 19.2. The van der Waals surface area contributed by atoms with Crippen LogP contribution in [0.15, 0.2) is 29.3 Å². The quantitative estimate of drug-likeness (QED) is 0.453. The molecule has 0 spiro atoms. The van der Waals surface area contributed by atoms with Crippen LogP contribution in [-0.4, -0.2) is 51.3 Å². The first kappa shape index (κ1) is 23.5. The highest BCUT2D eigenvalue weighted by molar-refractivity contribution is 6.31. The second-order valence-corrected chi connectivity index (χ2v) is 8.56. The van der Waals surface area contributed by atoms with E-state index in [0.29, 0.717) is 12.6 Å². The average Bonchev–Trinajstić information content (AvgIpc) is 3.40. The van der Waals surface area contributed by atoms with E-state index >= 15 is 0 Å². The van der Waals surface area contributed by atoms with E-state index < -0.39 is 0 Å². The molecule has 0 bridgehead atoms. The van der Waals surface area contributed by atoms with Crippen molar-refractivity contribution in [1.29, 1.82) is 0 Å². The Labute approximate surface area is 191 Å². The molecule has 1 unspecified atom stereocenters. The van der Waals surface area contributed by atoms with Gasteiger partial charge in [-0.1, -0.05) is 56.5 Å². The minimum absolute atomic E-state index is 0.163. The van der Waals surface area contributed by atoms with Crippen LogP contribution in [0.5, 0.6) is 0 Å². The summed E-state index contributed by atoms with van der Waals surface area (Å²) in [6, 6.07) is 8.76. The van der Waals surface area contributed by atoms with Crippen molar-refractivity contribution in [2.24, 2.45) is 12.0 Å². The van der Waals surface area contributed by atoms with Gasteiger partial charge in [-0.15, -0.1) is 10.2 Å². The molecular weight excluding hydrogens is 410 g/mol. The number of hydrogen-bond donors (Lipinski definition) is 2. The molecule has 1 fully saturated rings. The SMILES string of the molecule is CCN(CC)C(CNC(=NCc1nnc(C)n1C)NC1CCCC1)c1ccccc1Cl. The number of aryl methyl sites for hydroxylation is 1. The predicted molar refractivity (Wildman–Crippen MR) is 127 cm³/mol. The van der Waals surface area contributed by atoms with Crippen LogP contribution < -0.4 is 10.6 Å². The van der Waals surface area contributed by atoms with E-state index in [0.717, 1.165) is 47.8 Å². The molecule has 1 aromatic carbocycles. The van der Waals surface area contributed by atoms with Crippen LogP contribution in [0.1, 0.15) is 62.8 Å². The molecule has 1 aromatic heterocycles. The van der Waals surface area contributed by atoms with Crippen molar-refractivity contribution in [3.63, 3.8) is 0 Å². The van der Waals surface area contributed by atoms with Crippen LogP contribution in [0.25, 0.3) is 0 Å². The molecule has 2 aromatic rings. The van der Waals surface area contributed by atoms with Gasteiger partial charge in [-0.2, -0.15) is 0 Å². The highest BCUT2D eigenvalue weighted by Crippen LogP contribution is 2.27. The smallest absolute Gasteiger partial charge is 0.191 e. The van der Waals surface area contributed by atoms with Gasteiger partial charge < -0.3 is 15.2 Å². The molecule has 8 heteroatoms. The second kappa shape index (κ2) is 11.5. The Morgan fingerprint density at radius 2 is 1.94 bits per heavy atom. The standard InChI is InChI=1S/C23H36ClN7/c1-5-31(6-2)21(19-13-9-10-14-20(19)24)15-25-23(27-18-11-7-8-12-18)26-16-22-29-28-17(3)30(22)4/h9-10,13-14,18,21H,5-8,11-12,15-16H2,1-4H3,(H2,25,26,27). The Hall–Kier alpha value is -2.12. The average molecular weight is 446 g/mol. The lowest BCUT2D eigenvalue weighted by atomic mass is 10.0. The number of guanidine groups is 1. The van der Waals surface area contributed by atoms with E-state index in [9.17, 15) is 0 Å². The van der Waals surface area contributed by atoms with Gasteiger partial charge in [0.1, 0.15) is 12.4 Å². The third-order valence-corrected chi connectivity index (χ3v) is 6.58. The summed E-state index contributed by atoms with van der Waals surface area (Å²) in [6.45, 7) is 9.45. The summed E-state index contributed by atoms with van der Waals surface area (Å²) in [5.74, 6) is 2.58. The van der Waals surface area contributed by atoms with Gasteiger partial charge in [0.2, 0.25) is 0 Å². The van der Waals surface area contributed by atoms with Crippen molar-refractivity contribution in [2.75, 3.05) is 19.6 Å². The molecule has 0 saturated heterocycles. The molecule has 1 heterocycles. The van der Waals surface area contributed by atoms with Gasteiger partial charge in [-0.25, -0.2) is 4.99 Å². The van der Waals surface area contributed by atoms with Crippen molar-refractivity contribution in [3.8, 4) is 0 Å². The van der Waals surface area contributed by atoms with Gasteiger partial charge in [-0.3, -0.25) is 4.90 Å². The van der Waals surface area contributed by atoms with Gasteiger partial charge in [0.25, 0.3) is 0 Å². The Balaban J connectivity index is 1.78. The lowest BCUT2D eigenvalue weighted by Gasteiger charge is -2.31. The van der Waals surface area contributed by atoms with Crippen LogP contribution in [0.4, 0.5) is 0 Å². The minimum atomic E-state index is 0.163. The summed E-state index contributed by atoms with van der Waals surface area (Å²) >= 11 is 6.57. The first-order valence-electron chi connectivity index (χ1n) is 11.4. The van der Waals surface area contributed by atoms with Crippen LogP contribution in [0, 0.1) is 6.92 Å². The van der Waals surface area contributed by atoms with Gasteiger partial charge in [-0.05, 0) is 44.5 Å². The normalized spacial score (nSPS) is 16.1. The molecule has 1 atom stereocenters. The Bertz CT molecular complexity index is 853. The van der Waals surface area contributed by atoms with Crippen molar-refractivity contribution in [1.82, 2.24) is 30.3 Å². The largest absolute Gasteiger partial charge is 0.354 e. The maximum atomic E-state index is 6.57. The zero-order chi connectivity index (χ0) is 22.2. The molecule has 170 valence electrons. The predicted octanol–water partition coefficient (Wildman–Crippen LogP) is 3.84. The third kappa shape index (κ3) is 6.20. The minimum Gasteiger partial charge on any atom is -0.354 e. The number of nitrogens with one attached hydrogen (secondary N) is 2. The van der Waals surface area contributed by atoms with E-state index in [1.807, 2.05) is 30.7 Å². The van der Waals surface area contributed by atoms with E-state index in [1.54, 1.807) is 0 Å². The maximum absolute atomic E-state index is 6.57. The number of likely N-dealkylation sites (N-methyl/N-ethyl adjacent to an activating group) is 1. The van der Waals surface area contributed by atoms with E-state index in [2.05, 4.69) is 51.7 Å². The van der Waals surface area contributed by atoms with E-state index in [-0.39, 0.29) is 6.04 Å². The van der Waals surface area contributed by atoms with Crippen LogP contribution in [0.2, 0.25) is 5.02 Å². The molecule has 1 saturated carbocycles. The topological polar surface area (TPSA) is 70.4 Å². The lowest BCUT2D eigenvalue weighted by Crippen LogP contribution is -2.46. The third-order valence-electron chi connectivity index (χ3n) is 6.24. The van der Waals surface area contributed by atoms with Crippen LogP contribution >= 0.6 is 11.6 Å². The summed E-state index contributed by atoms with van der Waals surface area (Å²) in [7, 11) is 1.98. The Morgan fingerprint density at radius 1 is 1.23 bits per heavy atom. The fourth-order valence-corrected chi connectivity index (χ4v) is 4.46. The lowest BCUT2D eigenvalue weighted by molar-refractivity contribution is 0.219. The first-order valence-corrected chi connectivity index (χ1v) is 11.8. The fourth-order valence-electron chi connectivity index (χ4n) is 4.19. The van der Waals surface area contributed by atoms with Crippen LogP contribution in [0.3, 0.4) is 0 Å². The molecule has 0 aliphatic heterocycles. The van der Waals surface area contributed by atoms with Crippen molar-refractivity contribution in [2.45, 2.75) is 65.1 Å². The highest BCUT2D eigenvalue weighted by atomic mass is 35.5. The van der Waals surface area contributed by atoms with E-state index in [4.69, 9.17) is 16.6 Å². The summed E-state index contributed by atoms with van der Waals surface area (Å²) in [6.07, 6.45) is 4.92. The maximum Gasteiger partial charge on any atom is 0.191 e. The summed E-state index contributed by atoms with van der Waals surface area (Å²) in [4.78, 5) is 7.27. The van der Waals surface area contributed by atoms with Crippen LogP contribution in [-0.2, 0) is 13.6 Å². The molecule has 1 aliphatic rings. The number of nitrogens with zero attached hydrogens (tertiary/aromatic N) is 5. The summed E-state index contributed by atoms with van der Waals surface area (Å²) < 4.78 is 1.99. The second-order valence-electron chi connectivity index (χ2n) is 8.15.